The van der Waals surface area contributed by atoms with Crippen molar-refractivity contribution in [2.45, 2.75) is 13.8 Å². The Morgan fingerprint density at radius 1 is 0.939 bits per heavy atom. The predicted molar refractivity (Wildman–Crippen MR) is 128 cm³/mol. The number of amides is 3. The monoisotopic (exact) mass is 440 g/mol. The fraction of sp³-hybridized carbons (Fsp3) is 0.148. The van der Waals surface area contributed by atoms with E-state index in [4.69, 9.17) is 4.74 Å². The summed E-state index contributed by atoms with van der Waals surface area (Å²) in [6, 6.07) is 21.6. The molecule has 1 aliphatic rings. The quantitative estimate of drug-likeness (QED) is 0.460. The maximum atomic E-state index is 13.5. The summed E-state index contributed by atoms with van der Waals surface area (Å²) in [6.45, 7) is 4.25. The first-order valence-corrected chi connectivity index (χ1v) is 10.7. The van der Waals surface area contributed by atoms with Gasteiger partial charge in [0, 0.05) is 17.7 Å². The van der Waals surface area contributed by atoms with E-state index in [0.29, 0.717) is 34.7 Å². The van der Waals surface area contributed by atoms with Gasteiger partial charge in [-0.15, -0.1) is 0 Å². The standard InChI is InChI=1S/C27H24N2O4/c1-3-28-25(30)17-33-21-13-11-19(12-14-21)16-24-22-9-4-5-10-23(22)26(31)29(27(24)32)20-8-6-7-18(2)15-20/h4-16H,3,17H2,1-2H3,(H,28,30)/b24-16-. The number of fused-ring (bicyclic) bond motifs is 1. The van der Waals surface area contributed by atoms with Gasteiger partial charge in [0.2, 0.25) is 0 Å². The zero-order valence-corrected chi connectivity index (χ0v) is 18.5. The van der Waals surface area contributed by atoms with Crippen LogP contribution in [0.25, 0.3) is 11.6 Å². The molecule has 166 valence electrons. The molecule has 3 aromatic carbocycles. The van der Waals surface area contributed by atoms with Crippen LogP contribution >= 0.6 is 0 Å². The third-order valence-corrected chi connectivity index (χ3v) is 5.28. The van der Waals surface area contributed by atoms with Crippen LogP contribution < -0.4 is 15.0 Å². The average Bonchev–Trinajstić information content (AvgIpc) is 2.82. The Labute approximate surface area is 192 Å². The highest BCUT2D eigenvalue weighted by atomic mass is 16.5. The molecular formula is C27H24N2O4. The number of aryl methyl sites for hydroxylation is 1. The molecule has 3 amide bonds. The maximum absolute atomic E-state index is 13.5. The van der Waals surface area contributed by atoms with Crippen molar-refractivity contribution < 1.29 is 19.1 Å². The number of anilines is 1. The Hall–Kier alpha value is -4.19. The van der Waals surface area contributed by atoms with E-state index in [9.17, 15) is 14.4 Å². The summed E-state index contributed by atoms with van der Waals surface area (Å²) in [5, 5.41) is 2.68. The lowest BCUT2D eigenvalue weighted by atomic mass is 9.91. The Bertz CT molecular complexity index is 1240. The van der Waals surface area contributed by atoms with Crippen LogP contribution in [0.5, 0.6) is 5.75 Å². The molecule has 3 aromatic rings. The van der Waals surface area contributed by atoms with Gasteiger partial charge in [-0.3, -0.25) is 14.4 Å². The van der Waals surface area contributed by atoms with E-state index in [1.54, 1.807) is 42.5 Å². The second-order valence-electron chi connectivity index (χ2n) is 7.70. The molecule has 1 aliphatic heterocycles. The normalized spacial score (nSPS) is 14.2. The minimum Gasteiger partial charge on any atom is -0.484 e. The number of nitrogens with one attached hydrogen (secondary N) is 1. The molecule has 0 unspecified atom stereocenters. The number of hydrogen-bond donors (Lipinski definition) is 1. The fourth-order valence-corrected chi connectivity index (χ4v) is 3.72. The average molecular weight is 440 g/mol. The Kier molecular flexibility index (Phi) is 6.36. The summed E-state index contributed by atoms with van der Waals surface area (Å²) in [4.78, 5) is 39.5. The molecule has 33 heavy (non-hydrogen) atoms. The molecule has 0 fully saturated rings. The lowest BCUT2D eigenvalue weighted by Crippen LogP contribution is -2.41. The Morgan fingerprint density at radius 3 is 2.36 bits per heavy atom. The van der Waals surface area contributed by atoms with Gasteiger partial charge < -0.3 is 10.1 Å². The highest BCUT2D eigenvalue weighted by Gasteiger charge is 2.35. The summed E-state index contributed by atoms with van der Waals surface area (Å²) >= 11 is 0. The molecule has 0 spiro atoms. The number of likely N-dealkylation sites (N-methyl/N-ethyl adjacent to an activating group) is 1. The lowest BCUT2D eigenvalue weighted by Gasteiger charge is -2.29. The van der Waals surface area contributed by atoms with Crippen LogP contribution in [-0.4, -0.2) is 30.9 Å². The smallest absolute Gasteiger partial charge is 0.265 e. The third-order valence-electron chi connectivity index (χ3n) is 5.28. The first kappa shape index (κ1) is 22.0. The summed E-state index contributed by atoms with van der Waals surface area (Å²) < 4.78 is 5.49. The first-order chi connectivity index (χ1) is 16.0. The van der Waals surface area contributed by atoms with Gasteiger partial charge in [-0.05, 0) is 66.9 Å². The second-order valence-corrected chi connectivity index (χ2v) is 7.70. The van der Waals surface area contributed by atoms with Crippen LogP contribution in [0.2, 0.25) is 0 Å². The minimum atomic E-state index is -0.374. The summed E-state index contributed by atoms with van der Waals surface area (Å²) in [5.74, 6) is -0.349. The Morgan fingerprint density at radius 2 is 1.67 bits per heavy atom. The van der Waals surface area contributed by atoms with E-state index in [2.05, 4.69) is 5.32 Å². The van der Waals surface area contributed by atoms with Gasteiger partial charge in [-0.1, -0.05) is 42.5 Å². The summed E-state index contributed by atoms with van der Waals surface area (Å²) in [5.41, 5.74) is 3.79. The van der Waals surface area contributed by atoms with Gasteiger partial charge in [-0.2, -0.15) is 0 Å². The molecule has 0 radical (unpaired) electrons. The van der Waals surface area contributed by atoms with Crippen LogP contribution in [0.15, 0.2) is 72.8 Å². The van der Waals surface area contributed by atoms with Gasteiger partial charge in [-0.25, -0.2) is 4.90 Å². The number of carbonyl (C=O) groups excluding carboxylic acids is 3. The molecule has 6 heteroatoms. The summed E-state index contributed by atoms with van der Waals surface area (Å²) in [7, 11) is 0. The van der Waals surface area contributed by atoms with Crippen LogP contribution in [0, 0.1) is 6.92 Å². The highest BCUT2D eigenvalue weighted by Crippen LogP contribution is 2.33. The molecule has 0 aliphatic carbocycles. The molecule has 0 aromatic heterocycles. The number of carbonyl (C=O) groups is 3. The van der Waals surface area contributed by atoms with E-state index >= 15 is 0 Å². The maximum Gasteiger partial charge on any atom is 0.265 e. The first-order valence-electron chi connectivity index (χ1n) is 10.7. The fourth-order valence-electron chi connectivity index (χ4n) is 3.72. The SMILES string of the molecule is CCNC(=O)COc1ccc(/C=C2\C(=O)N(c3cccc(C)c3)C(=O)c3ccccc32)cc1. The van der Waals surface area contributed by atoms with E-state index in [0.717, 1.165) is 11.1 Å². The molecule has 0 saturated heterocycles. The van der Waals surface area contributed by atoms with Gasteiger partial charge in [0.25, 0.3) is 17.7 Å². The zero-order valence-electron chi connectivity index (χ0n) is 18.5. The molecular weight excluding hydrogens is 416 g/mol. The van der Waals surface area contributed by atoms with E-state index in [-0.39, 0.29) is 24.3 Å². The predicted octanol–water partition coefficient (Wildman–Crippen LogP) is 4.24. The number of imide groups is 1. The number of hydrogen-bond acceptors (Lipinski definition) is 4. The van der Waals surface area contributed by atoms with E-state index in [1.807, 2.05) is 50.2 Å². The molecule has 0 atom stereocenters. The summed E-state index contributed by atoms with van der Waals surface area (Å²) in [6.07, 6.45) is 1.77. The van der Waals surface area contributed by atoms with Crippen molar-refractivity contribution >= 4 is 35.1 Å². The second kappa shape index (κ2) is 9.53. The molecule has 1 N–H and O–H groups in total. The van der Waals surface area contributed by atoms with Crippen LogP contribution in [-0.2, 0) is 9.59 Å². The van der Waals surface area contributed by atoms with E-state index in [1.165, 1.54) is 4.90 Å². The van der Waals surface area contributed by atoms with Gasteiger partial charge in [0.15, 0.2) is 6.61 Å². The third kappa shape index (κ3) is 4.70. The van der Waals surface area contributed by atoms with Crippen molar-refractivity contribution in [2.75, 3.05) is 18.1 Å². The number of benzene rings is 3. The molecule has 1 heterocycles. The molecule has 4 rings (SSSR count). The van der Waals surface area contributed by atoms with Crippen LogP contribution in [0.3, 0.4) is 0 Å². The Balaban J connectivity index is 1.67. The van der Waals surface area contributed by atoms with Crippen molar-refractivity contribution in [1.82, 2.24) is 5.32 Å². The van der Waals surface area contributed by atoms with E-state index < -0.39 is 0 Å². The lowest BCUT2D eigenvalue weighted by molar-refractivity contribution is -0.123. The van der Waals surface area contributed by atoms with Crippen molar-refractivity contribution in [3.63, 3.8) is 0 Å². The topological polar surface area (TPSA) is 75.7 Å². The van der Waals surface area contributed by atoms with Crippen molar-refractivity contribution in [3.8, 4) is 5.75 Å². The van der Waals surface area contributed by atoms with Gasteiger partial charge >= 0.3 is 0 Å². The number of nitrogens with zero attached hydrogens (tertiary/aromatic N) is 1. The van der Waals surface area contributed by atoms with Crippen molar-refractivity contribution in [3.05, 3.63) is 95.1 Å². The van der Waals surface area contributed by atoms with Crippen LogP contribution in [0.4, 0.5) is 5.69 Å². The van der Waals surface area contributed by atoms with Crippen molar-refractivity contribution in [1.29, 1.82) is 0 Å². The van der Waals surface area contributed by atoms with Crippen molar-refractivity contribution in [2.24, 2.45) is 0 Å². The molecule has 0 saturated carbocycles. The minimum absolute atomic E-state index is 0.0618. The molecule has 6 nitrogen and oxygen atoms in total. The zero-order chi connectivity index (χ0) is 23.4. The van der Waals surface area contributed by atoms with Crippen LogP contribution in [0.1, 0.15) is 34.0 Å². The van der Waals surface area contributed by atoms with Gasteiger partial charge in [0.1, 0.15) is 5.75 Å². The van der Waals surface area contributed by atoms with Gasteiger partial charge in [0.05, 0.1) is 5.69 Å². The highest BCUT2D eigenvalue weighted by molar-refractivity contribution is 6.43. The number of ether oxygens (including phenoxy) is 1. The number of rotatable bonds is 6. The largest absolute Gasteiger partial charge is 0.484 e. The molecule has 0 bridgehead atoms.